The molecule has 0 amide bonds. The first-order chi connectivity index (χ1) is 14.5. The minimum absolute atomic E-state index is 0.436. The number of anilines is 2. The molecule has 1 aliphatic rings. The van der Waals surface area contributed by atoms with Gasteiger partial charge in [0.2, 0.25) is 5.95 Å². The van der Waals surface area contributed by atoms with Crippen LogP contribution in [0, 0.1) is 0 Å². The van der Waals surface area contributed by atoms with Crippen molar-refractivity contribution in [1.82, 2.24) is 19.9 Å². The van der Waals surface area contributed by atoms with Gasteiger partial charge >= 0.3 is 0 Å². The monoisotopic (exact) mass is 408 g/mol. The second kappa shape index (κ2) is 8.41. The molecule has 1 aliphatic heterocycles. The molecule has 2 aromatic heterocycles. The summed E-state index contributed by atoms with van der Waals surface area (Å²) in [6.07, 6.45) is 5.04. The number of ether oxygens (including phenoxy) is 1. The van der Waals surface area contributed by atoms with Crippen molar-refractivity contribution in [2.24, 2.45) is 0 Å². The van der Waals surface area contributed by atoms with Crippen LogP contribution < -0.4 is 15.4 Å². The van der Waals surface area contributed by atoms with Crippen molar-refractivity contribution in [3.63, 3.8) is 0 Å². The summed E-state index contributed by atoms with van der Waals surface area (Å²) in [6.45, 7) is 2.53. The molecule has 0 radical (unpaired) electrons. The highest BCUT2D eigenvalue weighted by Gasteiger charge is 2.35. The molecule has 0 spiro atoms. The lowest BCUT2D eigenvalue weighted by atomic mass is 9.92. The van der Waals surface area contributed by atoms with Gasteiger partial charge in [-0.05, 0) is 43.7 Å². The average Bonchev–Trinajstić information content (AvgIpc) is 2.73. The number of fused-ring (bicyclic) bond motifs is 1. The summed E-state index contributed by atoms with van der Waals surface area (Å²) in [5.74, 6) is 1.77. The number of benzene rings is 1. The quantitative estimate of drug-likeness (QED) is 0.639. The number of nitrogens with two attached hydrogens (primary N) is 1. The summed E-state index contributed by atoms with van der Waals surface area (Å²) in [4.78, 5) is 17.3. The molecule has 8 heteroatoms. The summed E-state index contributed by atoms with van der Waals surface area (Å²) in [5.41, 5.74) is 6.96. The van der Waals surface area contributed by atoms with Crippen LogP contribution in [0.15, 0.2) is 42.7 Å². The van der Waals surface area contributed by atoms with Crippen molar-refractivity contribution in [2.75, 3.05) is 44.4 Å². The number of rotatable bonds is 6. The number of β-amino-alcohol motifs (C(OH)–C–C–N with tert-alkyl or cyclic N) is 1. The number of methoxy groups -OCH3 is 1. The molecule has 3 heterocycles. The second-order valence-electron chi connectivity index (χ2n) is 8.03. The van der Waals surface area contributed by atoms with E-state index in [1.54, 1.807) is 25.6 Å². The van der Waals surface area contributed by atoms with E-state index in [0.717, 1.165) is 41.6 Å². The van der Waals surface area contributed by atoms with Gasteiger partial charge in [0.15, 0.2) is 0 Å². The van der Waals surface area contributed by atoms with Crippen molar-refractivity contribution in [3.05, 3.63) is 48.3 Å². The Bertz CT molecular complexity index is 1030. The van der Waals surface area contributed by atoms with Crippen LogP contribution in [0.25, 0.3) is 10.9 Å². The smallest absolute Gasteiger partial charge is 0.227 e. The first kappa shape index (κ1) is 20.3. The number of aliphatic hydroxyl groups is 1. The Hall–Kier alpha value is -2.97. The van der Waals surface area contributed by atoms with Crippen molar-refractivity contribution in [2.45, 2.75) is 25.0 Å². The Morgan fingerprint density at radius 2 is 2.10 bits per heavy atom. The fourth-order valence-electron chi connectivity index (χ4n) is 4.28. The molecule has 4 rings (SSSR count). The molecule has 30 heavy (non-hydrogen) atoms. The number of hydrogen-bond acceptors (Lipinski definition) is 8. The standard InChI is InChI=1S/C22H28N6O2/c1-27(13-16-6-7-18(30-2)20-17(16)5-3-10-24-20)14-22(29)9-4-12-28(15-22)21-25-11-8-19(23)26-21/h3,5-8,10-11,29H,4,9,12-15H2,1-2H3,(H2,23,25,26). The molecule has 158 valence electrons. The summed E-state index contributed by atoms with van der Waals surface area (Å²) in [7, 11) is 3.68. The van der Waals surface area contributed by atoms with Gasteiger partial charge in [-0.15, -0.1) is 0 Å². The number of piperidine rings is 1. The first-order valence-electron chi connectivity index (χ1n) is 10.1. The first-order valence-corrected chi connectivity index (χ1v) is 10.1. The van der Waals surface area contributed by atoms with Crippen LogP contribution in [-0.2, 0) is 6.54 Å². The Balaban J connectivity index is 1.48. The Kier molecular flexibility index (Phi) is 5.69. The van der Waals surface area contributed by atoms with E-state index >= 15 is 0 Å². The molecular formula is C22H28N6O2. The van der Waals surface area contributed by atoms with Crippen LogP contribution in [0.4, 0.5) is 11.8 Å². The van der Waals surface area contributed by atoms with Crippen molar-refractivity contribution >= 4 is 22.7 Å². The Morgan fingerprint density at radius 3 is 2.90 bits per heavy atom. The molecule has 0 aliphatic carbocycles. The molecule has 1 unspecified atom stereocenters. The van der Waals surface area contributed by atoms with E-state index in [1.165, 1.54) is 0 Å². The minimum atomic E-state index is -0.846. The number of pyridine rings is 1. The average molecular weight is 409 g/mol. The Labute approximate surface area is 176 Å². The van der Waals surface area contributed by atoms with Crippen molar-refractivity contribution in [1.29, 1.82) is 0 Å². The molecule has 1 atom stereocenters. The predicted molar refractivity (Wildman–Crippen MR) is 117 cm³/mol. The van der Waals surface area contributed by atoms with E-state index < -0.39 is 5.60 Å². The summed E-state index contributed by atoms with van der Waals surface area (Å²) >= 11 is 0. The predicted octanol–water partition coefficient (Wildman–Crippen LogP) is 2.08. The number of nitrogen functional groups attached to an aromatic ring is 1. The van der Waals surface area contributed by atoms with E-state index in [1.807, 2.05) is 24.1 Å². The summed E-state index contributed by atoms with van der Waals surface area (Å²) < 4.78 is 5.44. The maximum atomic E-state index is 11.3. The van der Waals surface area contributed by atoms with Crippen LogP contribution in [0.3, 0.4) is 0 Å². The van der Waals surface area contributed by atoms with Crippen LogP contribution in [0.1, 0.15) is 18.4 Å². The SMILES string of the molecule is COc1ccc(CN(C)CC2(O)CCCN(c3nccc(N)n3)C2)c2cccnc12. The van der Waals surface area contributed by atoms with E-state index in [0.29, 0.717) is 31.4 Å². The second-order valence-corrected chi connectivity index (χ2v) is 8.03. The van der Waals surface area contributed by atoms with Crippen molar-refractivity contribution in [3.8, 4) is 5.75 Å². The summed E-state index contributed by atoms with van der Waals surface area (Å²) in [6, 6.07) is 9.68. The van der Waals surface area contributed by atoms with Crippen LogP contribution >= 0.6 is 0 Å². The molecule has 3 N–H and O–H groups in total. The molecule has 0 saturated carbocycles. The zero-order chi connectivity index (χ0) is 21.1. The number of hydrogen-bond donors (Lipinski definition) is 2. The van der Waals surface area contributed by atoms with Gasteiger partial charge in [0, 0.05) is 37.4 Å². The van der Waals surface area contributed by atoms with Gasteiger partial charge in [-0.3, -0.25) is 9.88 Å². The molecule has 1 saturated heterocycles. The van der Waals surface area contributed by atoms with Crippen LogP contribution in [0.5, 0.6) is 5.75 Å². The highest BCUT2D eigenvalue weighted by atomic mass is 16.5. The van der Waals surface area contributed by atoms with Gasteiger partial charge in [-0.1, -0.05) is 12.1 Å². The maximum absolute atomic E-state index is 11.3. The fourth-order valence-corrected chi connectivity index (χ4v) is 4.28. The normalized spacial score (nSPS) is 19.4. The molecule has 1 aromatic carbocycles. The van der Waals surface area contributed by atoms with Crippen LogP contribution in [-0.4, -0.2) is 64.4 Å². The zero-order valence-electron chi connectivity index (χ0n) is 17.5. The Morgan fingerprint density at radius 1 is 1.23 bits per heavy atom. The van der Waals surface area contributed by atoms with E-state index in [9.17, 15) is 5.11 Å². The highest BCUT2D eigenvalue weighted by Crippen LogP contribution is 2.29. The number of aromatic nitrogens is 3. The number of nitrogens with zero attached hydrogens (tertiary/aromatic N) is 5. The third-order valence-corrected chi connectivity index (χ3v) is 5.55. The minimum Gasteiger partial charge on any atom is -0.494 e. The van der Waals surface area contributed by atoms with Crippen LogP contribution in [0.2, 0.25) is 0 Å². The number of likely N-dealkylation sites (N-methyl/N-ethyl adjacent to an activating group) is 1. The van der Waals surface area contributed by atoms with Crippen molar-refractivity contribution < 1.29 is 9.84 Å². The lowest BCUT2D eigenvalue weighted by molar-refractivity contribution is -0.00358. The fraction of sp³-hybridized carbons (Fsp3) is 0.409. The van der Waals surface area contributed by atoms with Gasteiger partial charge < -0.3 is 20.5 Å². The maximum Gasteiger partial charge on any atom is 0.227 e. The van der Waals surface area contributed by atoms with Gasteiger partial charge in [0.25, 0.3) is 0 Å². The van der Waals surface area contributed by atoms with Gasteiger partial charge in [-0.25, -0.2) is 4.98 Å². The molecule has 8 nitrogen and oxygen atoms in total. The largest absolute Gasteiger partial charge is 0.494 e. The molecule has 1 fully saturated rings. The van der Waals surface area contributed by atoms with Gasteiger partial charge in [0.05, 0.1) is 19.3 Å². The molecule has 0 bridgehead atoms. The van der Waals surface area contributed by atoms with E-state index in [2.05, 4.69) is 32.0 Å². The molecular weight excluding hydrogens is 380 g/mol. The lowest BCUT2D eigenvalue weighted by Gasteiger charge is -2.41. The molecule has 3 aromatic rings. The van der Waals surface area contributed by atoms with Gasteiger partial charge in [-0.2, -0.15) is 4.98 Å². The van der Waals surface area contributed by atoms with E-state index in [4.69, 9.17) is 10.5 Å². The highest BCUT2D eigenvalue weighted by molar-refractivity contribution is 5.87. The third kappa shape index (κ3) is 4.29. The third-order valence-electron chi connectivity index (χ3n) is 5.55. The zero-order valence-corrected chi connectivity index (χ0v) is 17.5. The topological polar surface area (TPSA) is 101 Å². The van der Waals surface area contributed by atoms with E-state index in [-0.39, 0.29) is 0 Å². The summed E-state index contributed by atoms with van der Waals surface area (Å²) in [5, 5.41) is 12.4. The lowest BCUT2D eigenvalue weighted by Crippen LogP contribution is -2.54. The van der Waals surface area contributed by atoms with Gasteiger partial charge in [0.1, 0.15) is 17.1 Å².